The van der Waals surface area contributed by atoms with Gasteiger partial charge >= 0.3 is 5.97 Å². The summed E-state index contributed by atoms with van der Waals surface area (Å²) in [6.45, 7) is 4.05. The van der Waals surface area contributed by atoms with Gasteiger partial charge in [-0.15, -0.1) is 5.10 Å². The summed E-state index contributed by atoms with van der Waals surface area (Å²) in [5, 5.41) is 23.2. The predicted molar refractivity (Wildman–Crippen MR) is 130 cm³/mol. The third kappa shape index (κ3) is 3.23. The van der Waals surface area contributed by atoms with E-state index in [0.29, 0.717) is 21.4 Å². The molecular formula is C25H21Cl2N5O4. The van der Waals surface area contributed by atoms with E-state index < -0.39 is 35.6 Å². The number of carboxylic acids is 1. The van der Waals surface area contributed by atoms with E-state index in [-0.39, 0.29) is 12.5 Å². The van der Waals surface area contributed by atoms with Gasteiger partial charge in [0.15, 0.2) is 5.82 Å². The standard InChI is InChI=1S/C25H21Cl2N5O4/c1-12-4-3-5-13(2)20(12)32-22(28-29-30-32)21(15-7-6-14(26)10-16(15)27)31-11-25-9-8-17(36-25)18(24(34)35)19(25)23(31)33/h3-10,17-19,21H,11H2,1-2H3,(H,34,35)/t17-,18+,19-,21-,25-/m1/s1. The van der Waals surface area contributed by atoms with Gasteiger partial charge in [0, 0.05) is 15.6 Å². The second-order valence-electron chi connectivity index (χ2n) is 9.46. The molecule has 5 atom stereocenters. The summed E-state index contributed by atoms with van der Waals surface area (Å²) >= 11 is 12.8. The minimum absolute atomic E-state index is 0.135. The molecule has 36 heavy (non-hydrogen) atoms. The van der Waals surface area contributed by atoms with Gasteiger partial charge in [0.1, 0.15) is 17.6 Å². The van der Waals surface area contributed by atoms with Gasteiger partial charge in [0.05, 0.1) is 24.3 Å². The van der Waals surface area contributed by atoms with Crippen LogP contribution in [0.5, 0.6) is 0 Å². The molecule has 3 aromatic rings. The third-order valence-electron chi connectivity index (χ3n) is 7.37. The number of para-hydroxylation sites is 1. The van der Waals surface area contributed by atoms with Crippen LogP contribution < -0.4 is 0 Å². The number of likely N-dealkylation sites (tertiary alicyclic amines) is 1. The highest BCUT2D eigenvalue weighted by molar-refractivity contribution is 6.35. The van der Waals surface area contributed by atoms with Gasteiger partial charge in [0.2, 0.25) is 5.91 Å². The number of amides is 1. The van der Waals surface area contributed by atoms with Crippen LogP contribution in [0.4, 0.5) is 0 Å². The second kappa shape index (κ2) is 8.12. The number of carbonyl (C=O) groups excluding carboxylic acids is 1. The molecule has 11 heteroatoms. The number of hydrogen-bond acceptors (Lipinski definition) is 6. The van der Waals surface area contributed by atoms with Gasteiger partial charge in [-0.25, -0.2) is 0 Å². The van der Waals surface area contributed by atoms with E-state index in [0.717, 1.165) is 16.8 Å². The quantitative estimate of drug-likeness (QED) is 0.507. The maximum atomic E-state index is 14.0. The lowest BCUT2D eigenvalue weighted by Gasteiger charge is -2.30. The van der Waals surface area contributed by atoms with Crippen molar-refractivity contribution < 1.29 is 19.4 Å². The van der Waals surface area contributed by atoms with E-state index in [2.05, 4.69) is 15.5 Å². The lowest BCUT2D eigenvalue weighted by atomic mass is 9.77. The number of rotatable bonds is 5. The molecule has 2 bridgehead atoms. The number of benzene rings is 2. The largest absolute Gasteiger partial charge is 0.481 e. The Morgan fingerprint density at radius 2 is 1.97 bits per heavy atom. The predicted octanol–water partition coefficient (Wildman–Crippen LogP) is 3.54. The van der Waals surface area contributed by atoms with Crippen molar-refractivity contribution in [1.29, 1.82) is 0 Å². The van der Waals surface area contributed by atoms with Gasteiger partial charge in [-0.2, -0.15) is 4.68 Å². The number of fused-ring (bicyclic) bond motifs is 1. The smallest absolute Gasteiger partial charge is 0.310 e. The average molecular weight is 526 g/mol. The summed E-state index contributed by atoms with van der Waals surface area (Å²) in [4.78, 5) is 27.6. The zero-order chi connectivity index (χ0) is 25.4. The average Bonchev–Trinajstić information content (AvgIpc) is 3.57. The Hall–Kier alpha value is -3.27. The van der Waals surface area contributed by atoms with Crippen molar-refractivity contribution in [3.05, 3.63) is 81.1 Å². The first-order chi connectivity index (χ1) is 17.2. The van der Waals surface area contributed by atoms with Crippen LogP contribution in [0.15, 0.2) is 48.6 Å². The molecule has 0 saturated carbocycles. The number of aliphatic carboxylic acids is 1. The Morgan fingerprint density at radius 1 is 1.22 bits per heavy atom. The van der Waals surface area contributed by atoms with Crippen LogP contribution in [-0.2, 0) is 14.3 Å². The summed E-state index contributed by atoms with van der Waals surface area (Å²) in [5.74, 6) is -2.87. The van der Waals surface area contributed by atoms with Gasteiger partial charge < -0.3 is 14.7 Å². The lowest BCUT2D eigenvalue weighted by molar-refractivity contribution is -0.148. The molecule has 3 aliphatic heterocycles. The number of ether oxygens (including phenoxy) is 1. The summed E-state index contributed by atoms with van der Waals surface area (Å²) in [6.07, 6.45) is 2.92. The minimum Gasteiger partial charge on any atom is -0.481 e. The van der Waals surface area contributed by atoms with Crippen molar-refractivity contribution in [2.24, 2.45) is 11.8 Å². The molecule has 0 unspecified atom stereocenters. The van der Waals surface area contributed by atoms with Crippen LogP contribution in [0.1, 0.15) is 28.6 Å². The number of aromatic nitrogens is 4. The molecule has 1 aromatic heterocycles. The van der Waals surface area contributed by atoms with E-state index in [1.165, 1.54) is 0 Å². The second-order valence-corrected chi connectivity index (χ2v) is 10.3. The normalized spacial score (nSPS) is 27.1. The van der Waals surface area contributed by atoms with Crippen LogP contribution in [0.2, 0.25) is 10.0 Å². The molecule has 4 heterocycles. The van der Waals surface area contributed by atoms with Crippen LogP contribution in [0, 0.1) is 25.7 Å². The van der Waals surface area contributed by atoms with Crippen molar-refractivity contribution in [3.8, 4) is 5.69 Å². The van der Waals surface area contributed by atoms with Gasteiger partial charge in [-0.3, -0.25) is 9.59 Å². The zero-order valence-electron chi connectivity index (χ0n) is 19.3. The van der Waals surface area contributed by atoms with Crippen molar-refractivity contribution in [1.82, 2.24) is 25.1 Å². The van der Waals surface area contributed by atoms with Crippen molar-refractivity contribution in [3.63, 3.8) is 0 Å². The summed E-state index contributed by atoms with van der Waals surface area (Å²) in [6, 6.07) is 10.1. The number of carbonyl (C=O) groups is 2. The van der Waals surface area contributed by atoms with E-state index >= 15 is 0 Å². The number of aryl methyl sites for hydroxylation is 2. The first-order valence-electron chi connectivity index (χ1n) is 11.4. The van der Waals surface area contributed by atoms with Crippen LogP contribution in [0.25, 0.3) is 5.69 Å². The summed E-state index contributed by atoms with van der Waals surface area (Å²) in [7, 11) is 0. The topological polar surface area (TPSA) is 110 Å². The van der Waals surface area contributed by atoms with Crippen molar-refractivity contribution >= 4 is 35.1 Å². The van der Waals surface area contributed by atoms with Crippen LogP contribution in [-0.4, -0.2) is 60.3 Å². The summed E-state index contributed by atoms with van der Waals surface area (Å²) in [5.41, 5.74) is 2.22. The maximum Gasteiger partial charge on any atom is 0.310 e. The highest BCUT2D eigenvalue weighted by Gasteiger charge is 2.68. The van der Waals surface area contributed by atoms with Gasteiger partial charge in [0.25, 0.3) is 0 Å². The fourth-order valence-electron chi connectivity index (χ4n) is 5.86. The third-order valence-corrected chi connectivity index (χ3v) is 7.94. The van der Waals surface area contributed by atoms with E-state index in [1.807, 2.05) is 38.1 Å². The Bertz CT molecular complexity index is 1440. The fraction of sp³-hybridized carbons (Fsp3) is 0.320. The Balaban J connectivity index is 1.53. The number of tetrazole rings is 1. The van der Waals surface area contributed by atoms with E-state index in [4.69, 9.17) is 27.9 Å². The molecule has 0 aliphatic carbocycles. The Morgan fingerprint density at radius 3 is 2.67 bits per heavy atom. The van der Waals surface area contributed by atoms with Crippen LogP contribution >= 0.6 is 23.2 Å². The van der Waals surface area contributed by atoms with Crippen LogP contribution in [0.3, 0.4) is 0 Å². The molecule has 1 amide bonds. The summed E-state index contributed by atoms with van der Waals surface area (Å²) < 4.78 is 7.71. The maximum absolute atomic E-state index is 14.0. The fourth-order valence-corrected chi connectivity index (χ4v) is 6.37. The SMILES string of the molecule is Cc1cccc(C)c1-n1nnnc1[C@@H](c1ccc(Cl)cc1Cl)N1C[C@@]23C=C[C@@H](O2)[C@H](C(=O)O)[C@@H]3C1=O. The Kier molecular flexibility index (Phi) is 5.22. The molecular weight excluding hydrogens is 505 g/mol. The highest BCUT2D eigenvalue weighted by Crippen LogP contribution is 2.54. The number of halogens is 2. The first kappa shape index (κ1) is 23.1. The van der Waals surface area contributed by atoms with Gasteiger partial charge in [-0.1, -0.05) is 59.6 Å². The van der Waals surface area contributed by atoms with E-state index in [1.54, 1.807) is 33.9 Å². The molecule has 1 spiro atoms. The molecule has 0 radical (unpaired) electrons. The molecule has 6 rings (SSSR count). The molecule has 9 nitrogen and oxygen atoms in total. The van der Waals surface area contributed by atoms with Gasteiger partial charge in [-0.05, 0) is 47.5 Å². The molecule has 2 saturated heterocycles. The molecule has 184 valence electrons. The molecule has 2 fully saturated rings. The molecule has 1 N–H and O–H groups in total. The Labute approximate surface area is 216 Å². The monoisotopic (exact) mass is 525 g/mol. The molecule has 3 aliphatic rings. The first-order valence-corrected chi connectivity index (χ1v) is 12.2. The van der Waals surface area contributed by atoms with E-state index in [9.17, 15) is 14.7 Å². The van der Waals surface area contributed by atoms with Crippen molar-refractivity contribution in [2.45, 2.75) is 31.6 Å². The highest BCUT2D eigenvalue weighted by atomic mass is 35.5. The molecule has 2 aromatic carbocycles. The number of nitrogens with zero attached hydrogens (tertiary/aromatic N) is 5. The number of hydrogen-bond donors (Lipinski definition) is 1. The number of carboxylic acid groups (broad SMARTS) is 1. The minimum atomic E-state index is -1.06. The van der Waals surface area contributed by atoms with Crippen molar-refractivity contribution in [2.75, 3.05) is 6.54 Å². The zero-order valence-corrected chi connectivity index (χ0v) is 20.8. The lowest BCUT2D eigenvalue weighted by Crippen LogP contribution is -2.39.